The number of anilines is 2. The molecule has 0 fully saturated rings. The van der Waals surface area contributed by atoms with Gasteiger partial charge in [-0.3, -0.25) is 14.5 Å². The van der Waals surface area contributed by atoms with E-state index in [1.807, 2.05) is 48.6 Å². The highest BCUT2D eigenvalue weighted by Gasteiger charge is 2.19. The van der Waals surface area contributed by atoms with E-state index in [0.29, 0.717) is 28.6 Å². The van der Waals surface area contributed by atoms with E-state index in [1.165, 1.54) is 7.11 Å². The molecule has 0 aliphatic carbocycles. The fraction of sp³-hybridized carbons (Fsp3) is 0.200. The van der Waals surface area contributed by atoms with Crippen molar-refractivity contribution in [2.24, 2.45) is 0 Å². The number of aromatic nitrogens is 3. The van der Waals surface area contributed by atoms with Crippen LogP contribution in [0.4, 0.5) is 16.3 Å². The van der Waals surface area contributed by atoms with E-state index in [1.54, 1.807) is 35.6 Å². The molecular weight excluding hydrogens is 454 g/mol. The molecule has 9 heteroatoms. The number of rotatable bonds is 6. The van der Waals surface area contributed by atoms with Crippen molar-refractivity contribution in [2.45, 2.75) is 20.3 Å². The minimum absolute atomic E-state index is 0.126. The smallest absolute Gasteiger partial charge is 0.412 e. The number of carbonyl (C=O) groups is 2. The van der Waals surface area contributed by atoms with Gasteiger partial charge in [0.2, 0.25) is 0 Å². The molecule has 174 valence electrons. The van der Waals surface area contributed by atoms with Gasteiger partial charge in [0.25, 0.3) is 5.91 Å². The van der Waals surface area contributed by atoms with Crippen molar-refractivity contribution in [3.05, 3.63) is 77.2 Å². The molecule has 0 aliphatic rings. The second-order valence-electron chi connectivity index (χ2n) is 7.73. The summed E-state index contributed by atoms with van der Waals surface area (Å²) in [5, 5.41) is 3.14. The van der Waals surface area contributed by atoms with Crippen LogP contribution in [0.15, 0.2) is 61.1 Å². The van der Waals surface area contributed by atoms with Gasteiger partial charge >= 0.3 is 6.09 Å². The molecule has 4 aromatic rings. The Balaban J connectivity index is 1.67. The monoisotopic (exact) mass is 477 g/mol. The maximum absolute atomic E-state index is 13.5. The van der Waals surface area contributed by atoms with Gasteiger partial charge in [0.1, 0.15) is 11.5 Å². The van der Waals surface area contributed by atoms with E-state index in [2.05, 4.69) is 20.0 Å². The van der Waals surface area contributed by atoms with Gasteiger partial charge < -0.3 is 9.64 Å². The van der Waals surface area contributed by atoms with Crippen molar-refractivity contribution in [3.63, 3.8) is 0 Å². The third-order valence-electron chi connectivity index (χ3n) is 5.39. The minimum atomic E-state index is -0.593. The van der Waals surface area contributed by atoms with Crippen LogP contribution in [-0.4, -0.2) is 40.0 Å². The Kier molecular flexibility index (Phi) is 6.79. The van der Waals surface area contributed by atoms with E-state index in [-0.39, 0.29) is 5.91 Å². The highest BCUT2D eigenvalue weighted by Crippen LogP contribution is 2.26. The van der Waals surface area contributed by atoms with Crippen LogP contribution in [0.1, 0.15) is 29.3 Å². The normalized spacial score (nSPS) is 10.8. The number of benzene rings is 1. The molecular formula is C25H24ClN5O3. The van der Waals surface area contributed by atoms with Crippen LogP contribution in [0, 0.1) is 6.92 Å². The third-order valence-corrected chi connectivity index (χ3v) is 5.79. The highest BCUT2D eigenvalue weighted by atomic mass is 35.5. The number of fused-ring (bicyclic) bond motifs is 1. The number of halogens is 1. The number of nitrogens with one attached hydrogen (secondary N) is 1. The number of methoxy groups -OCH3 is 1. The SMILES string of the molecule is CCCN(C(=O)c1ccc2ncc(-c3ccc(NC(=O)OC)nc3)n2c1)c1ccc(C)c(Cl)c1. The van der Waals surface area contributed by atoms with Crippen molar-refractivity contribution >= 4 is 40.8 Å². The zero-order chi connectivity index (χ0) is 24.2. The van der Waals surface area contributed by atoms with Gasteiger partial charge in [0, 0.05) is 35.2 Å². The van der Waals surface area contributed by atoms with Crippen LogP contribution in [0.3, 0.4) is 0 Å². The molecule has 8 nitrogen and oxygen atoms in total. The summed E-state index contributed by atoms with van der Waals surface area (Å²) in [4.78, 5) is 35.3. The maximum Gasteiger partial charge on any atom is 0.412 e. The quantitative estimate of drug-likeness (QED) is 0.391. The first kappa shape index (κ1) is 23.3. The van der Waals surface area contributed by atoms with Gasteiger partial charge in [-0.05, 0) is 55.3 Å². The molecule has 4 rings (SSSR count). The Morgan fingerprint density at radius 2 is 1.94 bits per heavy atom. The van der Waals surface area contributed by atoms with E-state index in [0.717, 1.165) is 28.9 Å². The number of hydrogen-bond donors (Lipinski definition) is 1. The average molecular weight is 478 g/mol. The van der Waals surface area contributed by atoms with Crippen LogP contribution in [-0.2, 0) is 4.74 Å². The van der Waals surface area contributed by atoms with Gasteiger partial charge in [-0.15, -0.1) is 0 Å². The molecule has 0 radical (unpaired) electrons. The summed E-state index contributed by atoms with van der Waals surface area (Å²) in [5.41, 5.74) is 4.48. The number of hydrogen-bond acceptors (Lipinski definition) is 5. The molecule has 34 heavy (non-hydrogen) atoms. The number of amides is 2. The summed E-state index contributed by atoms with van der Waals surface area (Å²) in [6.45, 7) is 4.52. The van der Waals surface area contributed by atoms with Gasteiger partial charge in [-0.1, -0.05) is 24.6 Å². The molecule has 0 unspecified atom stereocenters. The molecule has 0 atom stereocenters. The fourth-order valence-corrected chi connectivity index (χ4v) is 3.75. The molecule has 1 aromatic carbocycles. The largest absolute Gasteiger partial charge is 0.453 e. The van der Waals surface area contributed by atoms with Crippen molar-refractivity contribution < 1.29 is 14.3 Å². The molecule has 0 saturated heterocycles. The summed E-state index contributed by atoms with van der Waals surface area (Å²) in [6, 6.07) is 12.7. The second kappa shape index (κ2) is 9.93. The predicted molar refractivity (Wildman–Crippen MR) is 133 cm³/mol. The Morgan fingerprint density at radius 1 is 1.12 bits per heavy atom. The second-order valence-corrected chi connectivity index (χ2v) is 8.14. The lowest BCUT2D eigenvalue weighted by Gasteiger charge is -2.23. The lowest BCUT2D eigenvalue weighted by molar-refractivity contribution is 0.0986. The van der Waals surface area contributed by atoms with Crippen LogP contribution in [0.5, 0.6) is 0 Å². The number of nitrogens with zero attached hydrogens (tertiary/aromatic N) is 4. The third kappa shape index (κ3) is 4.72. The van der Waals surface area contributed by atoms with Gasteiger partial charge in [-0.25, -0.2) is 14.8 Å². The zero-order valence-electron chi connectivity index (χ0n) is 19.1. The minimum Gasteiger partial charge on any atom is -0.453 e. The van der Waals surface area contributed by atoms with E-state index in [9.17, 15) is 9.59 Å². The van der Waals surface area contributed by atoms with Crippen molar-refractivity contribution in [1.29, 1.82) is 0 Å². The summed E-state index contributed by atoms with van der Waals surface area (Å²) >= 11 is 6.32. The topological polar surface area (TPSA) is 88.8 Å². The Labute approximate surface area is 202 Å². The van der Waals surface area contributed by atoms with E-state index >= 15 is 0 Å². The van der Waals surface area contributed by atoms with Crippen LogP contribution >= 0.6 is 11.6 Å². The van der Waals surface area contributed by atoms with E-state index in [4.69, 9.17) is 11.6 Å². The first-order valence-electron chi connectivity index (χ1n) is 10.8. The van der Waals surface area contributed by atoms with Gasteiger partial charge in [0.15, 0.2) is 0 Å². The highest BCUT2D eigenvalue weighted by molar-refractivity contribution is 6.31. The number of ether oxygens (including phenoxy) is 1. The standard InChI is InChI=1S/C25H24ClN5O3/c1-4-11-30(19-8-5-16(2)20(26)12-19)24(32)18-7-10-23-28-14-21(31(23)15-18)17-6-9-22(27-13-17)29-25(33)34-3/h5-10,12-15H,4,11H2,1-3H3,(H,27,29,33). The van der Waals surface area contributed by atoms with Gasteiger partial charge in [0.05, 0.1) is 24.6 Å². The zero-order valence-corrected chi connectivity index (χ0v) is 19.8. The number of carbonyl (C=O) groups excluding carboxylic acids is 2. The lowest BCUT2D eigenvalue weighted by atomic mass is 10.1. The summed E-state index contributed by atoms with van der Waals surface area (Å²) in [5.74, 6) is 0.242. The summed E-state index contributed by atoms with van der Waals surface area (Å²) in [7, 11) is 1.29. The van der Waals surface area contributed by atoms with Crippen LogP contribution < -0.4 is 10.2 Å². The Bertz CT molecular complexity index is 1350. The molecule has 1 N–H and O–H groups in total. The molecule has 3 aromatic heterocycles. The van der Waals surface area contributed by atoms with Crippen LogP contribution in [0.25, 0.3) is 16.9 Å². The molecule has 0 spiro atoms. The first-order chi connectivity index (χ1) is 16.4. The van der Waals surface area contributed by atoms with Crippen molar-refractivity contribution in [2.75, 3.05) is 23.9 Å². The van der Waals surface area contributed by atoms with Crippen LogP contribution in [0.2, 0.25) is 5.02 Å². The van der Waals surface area contributed by atoms with Gasteiger partial charge in [-0.2, -0.15) is 0 Å². The number of pyridine rings is 2. The average Bonchev–Trinajstić information content (AvgIpc) is 3.27. The first-order valence-corrected chi connectivity index (χ1v) is 11.2. The molecule has 0 bridgehead atoms. The molecule has 2 amide bonds. The number of aryl methyl sites for hydroxylation is 1. The molecule has 0 aliphatic heterocycles. The summed E-state index contributed by atoms with van der Waals surface area (Å²) in [6.07, 6.45) is 5.33. The van der Waals surface area contributed by atoms with Crippen molar-refractivity contribution in [1.82, 2.24) is 14.4 Å². The Hall–Kier alpha value is -3.91. The summed E-state index contributed by atoms with van der Waals surface area (Å²) < 4.78 is 6.43. The molecule has 0 saturated carbocycles. The maximum atomic E-state index is 13.5. The lowest BCUT2D eigenvalue weighted by Crippen LogP contribution is -2.31. The number of imidazole rings is 1. The Morgan fingerprint density at radius 3 is 2.62 bits per heavy atom. The molecule has 3 heterocycles. The fourth-order valence-electron chi connectivity index (χ4n) is 3.57. The van der Waals surface area contributed by atoms with Crippen molar-refractivity contribution in [3.8, 4) is 11.3 Å². The predicted octanol–water partition coefficient (Wildman–Crippen LogP) is 5.59. The van der Waals surface area contributed by atoms with E-state index < -0.39 is 6.09 Å².